The molecule has 1 aromatic rings. The van der Waals surface area contributed by atoms with Crippen molar-refractivity contribution >= 4 is 5.78 Å². The van der Waals surface area contributed by atoms with Crippen LogP contribution in [0.15, 0.2) is 24.3 Å². The average molecular weight is 235 g/mol. The first kappa shape index (κ1) is 13.7. The van der Waals surface area contributed by atoms with Crippen molar-refractivity contribution in [1.82, 2.24) is 0 Å². The van der Waals surface area contributed by atoms with Gasteiger partial charge in [0.15, 0.2) is 5.78 Å². The molecule has 3 heteroatoms. The summed E-state index contributed by atoms with van der Waals surface area (Å²) in [6.07, 6.45) is 0.134. The molecule has 1 unspecified atom stereocenters. The number of carbonyl (C=O) groups is 1. The summed E-state index contributed by atoms with van der Waals surface area (Å²) in [6.45, 7) is 7.82. The third kappa shape index (κ3) is 3.86. The van der Waals surface area contributed by atoms with Gasteiger partial charge >= 0.3 is 0 Å². The number of ether oxygens (including phenoxy) is 1. The zero-order valence-corrected chi connectivity index (χ0v) is 10.9. The molecule has 0 amide bonds. The Balaban J connectivity index is 2.77. The van der Waals surface area contributed by atoms with Gasteiger partial charge in [-0.2, -0.15) is 0 Å². The fraction of sp³-hybridized carbons (Fsp3) is 0.500. The Morgan fingerprint density at radius 3 is 2.06 bits per heavy atom. The van der Waals surface area contributed by atoms with E-state index in [0.717, 1.165) is 5.75 Å². The molecule has 3 nitrogen and oxygen atoms in total. The van der Waals surface area contributed by atoms with Gasteiger partial charge in [0.25, 0.3) is 0 Å². The molecule has 94 valence electrons. The summed E-state index contributed by atoms with van der Waals surface area (Å²) in [4.78, 5) is 12.0. The predicted molar refractivity (Wildman–Crippen MR) is 69.3 cm³/mol. The first-order chi connectivity index (χ1) is 7.91. The molecule has 0 fully saturated rings. The van der Waals surface area contributed by atoms with Crippen LogP contribution in [0.1, 0.15) is 38.1 Å². The van der Waals surface area contributed by atoms with Gasteiger partial charge in [-0.3, -0.25) is 4.79 Å². The molecule has 0 aliphatic rings. The van der Waals surface area contributed by atoms with Crippen molar-refractivity contribution in [3.63, 3.8) is 0 Å². The fourth-order valence-electron chi connectivity index (χ4n) is 1.47. The maximum Gasteiger partial charge on any atom is 0.179 e. The monoisotopic (exact) mass is 235 g/mol. The Hall–Kier alpha value is -1.35. The highest BCUT2D eigenvalue weighted by Crippen LogP contribution is 2.16. The van der Waals surface area contributed by atoms with Gasteiger partial charge in [0, 0.05) is 5.56 Å². The van der Waals surface area contributed by atoms with E-state index in [1.54, 1.807) is 24.3 Å². The van der Waals surface area contributed by atoms with Gasteiger partial charge in [-0.25, -0.2) is 0 Å². The average Bonchev–Trinajstić information content (AvgIpc) is 2.27. The zero-order valence-electron chi connectivity index (χ0n) is 10.9. The Labute approximate surface area is 103 Å². The highest BCUT2D eigenvalue weighted by Gasteiger charge is 2.18. The summed E-state index contributed by atoms with van der Waals surface area (Å²) in [5.41, 5.74) is 6.47. The van der Waals surface area contributed by atoms with Crippen LogP contribution in [0.2, 0.25) is 0 Å². The van der Waals surface area contributed by atoms with Crippen LogP contribution in [0.25, 0.3) is 0 Å². The normalized spacial score (nSPS) is 12.9. The Morgan fingerprint density at radius 1 is 1.12 bits per heavy atom. The molecule has 0 saturated carbocycles. The quantitative estimate of drug-likeness (QED) is 0.798. The summed E-state index contributed by atoms with van der Waals surface area (Å²) in [5.74, 6) is 0.903. The number of Topliss-reactive ketones (excluding diaryl/α,β-unsaturated/α-hetero) is 1. The number of hydrogen-bond acceptors (Lipinski definition) is 3. The van der Waals surface area contributed by atoms with Crippen molar-refractivity contribution in [2.24, 2.45) is 11.7 Å². The second-order valence-electron chi connectivity index (χ2n) is 4.83. The minimum Gasteiger partial charge on any atom is -0.491 e. The van der Waals surface area contributed by atoms with E-state index in [4.69, 9.17) is 10.5 Å². The lowest BCUT2D eigenvalue weighted by Crippen LogP contribution is -2.35. The number of ketones is 1. The second kappa shape index (κ2) is 5.82. The summed E-state index contributed by atoms with van der Waals surface area (Å²) in [6, 6.07) is 6.71. The van der Waals surface area contributed by atoms with Crippen LogP contribution < -0.4 is 10.5 Å². The predicted octanol–water partition coefficient (Wildman–Crippen LogP) is 2.64. The second-order valence-corrected chi connectivity index (χ2v) is 4.83. The fourth-order valence-corrected chi connectivity index (χ4v) is 1.47. The number of nitrogens with two attached hydrogens (primary N) is 1. The molecule has 0 aliphatic heterocycles. The molecule has 1 aromatic carbocycles. The van der Waals surface area contributed by atoms with Crippen LogP contribution >= 0.6 is 0 Å². The van der Waals surface area contributed by atoms with E-state index in [1.165, 1.54) is 0 Å². The molecule has 0 aliphatic carbocycles. The lowest BCUT2D eigenvalue weighted by molar-refractivity contribution is 0.0940. The van der Waals surface area contributed by atoms with Crippen molar-refractivity contribution < 1.29 is 9.53 Å². The van der Waals surface area contributed by atoms with E-state index in [1.807, 2.05) is 27.7 Å². The SMILES string of the molecule is CC(C)Oc1ccc(C(=O)C(N)C(C)C)cc1. The van der Waals surface area contributed by atoms with Crippen LogP contribution in [0.3, 0.4) is 0 Å². The standard InChI is InChI=1S/C14H21NO2/c1-9(2)13(15)14(16)11-5-7-12(8-6-11)17-10(3)4/h5-10,13H,15H2,1-4H3. The lowest BCUT2D eigenvalue weighted by atomic mass is 9.96. The van der Waals surface area contributed by atoms with Crippen LogP contribution in [-0.4, -0.2) is 17.9 Å². The van der Waals surface area contributed by atoms with Gasteiger partial charge in [0.1, 0.15) is 5.75 Å². The van der Waals surface area contributed by atoms with Crippen molar-refractivity contribution in [3.05, 3.63) is 29.8 Å². The number of carbonyl (C=O) groups excluding carboxylic acids is 1. The number of hydrogen-bond donors (Lipinski definition) is 1. The van der Waals surface area contributed by atoms with Gasteiger partial charge in [0.2, 0.25) is 0 Å². The van der Waals surface area contributed by atoms with Crippen LogP contribution in [-0.2, 0) is 0 Å². The van der Waals surface area contributed by atoms with Crippen LogP contribution in [0, 0.1) is 5.92 Å². The van der Waals surface area contributed by atoms with Gasteiger partial charge < -0.3 is 10.5 Å². The molecule has 17 heavy (non-hydrogen) atoms. The topological polar surface area (TPSA) is 52.3 Å². The minimum absolute atomic E-state index is 0.0175. The number of benzene rings is 1. The largest absolute Gasteiger partial charge is 0.491 e. The highest BCUT2D eigenvalue weighted by molar-refractivity contribution is 6.00. The van der Waals surface area contributed by atoms with E-state index >= 15 is 0 Å². The maximum atomic E-state index is 12.0. The van der Waals surface area contributed by atoms with Crippen LogP contribution in [0.5, 0.6) is 5.75 Å². The van der Waals surface area contributed by atoms with Gasteiger partial charge in [-0.05, 0) is 44.0 Å². The molecule has 0 radical (unpaired) electrons. The first-order valence-electron chi connectivity index (χ1n) is 5.98. The van der Waals surface area contributed by atoms with Crippen molar-refractivity contribution in [2.75, 3.05) is 0 Å². The summed E-state index contributed by atoms with van der Waals surface area (Å²) >= 11 is 0. The molecule has 0 bridgehead atoms. The Bertz CT molecular complexity index is 368. The van der Waals surface area contributed by atoms with E-state index in [2.05, 4.69) is 0 Å². The van der Waals surface area contributed by atoms with Gasteiger partial charge in [0.05, 0.1) is 12.1 Å². The molecule has 2 N–H and O–H groups in total. The van der Waals surface area contributed by atoms with Crippen molar-refractivity contribution in [2.45, 2.75) is 39.8 Å². The van der Waals surface area contributed by atoms with Crippen LogP contribution in [0.4, 0.5) is 0 Å². The molecular weight excluding hydrogens is 214 g/mol. The lowest BCUT2D eigenvalue weighted by Gasteiger charge is -2.15. The third-order valence-corrected chi connectivity index (χ3v) is 2.53. The van der Waals surface area contributed by atoms with Gasteiger partial charge in [-0.1, -0.05) is 13.8 Å². The highest BCUT2D eigenvalue weighted by atomic mass is 16.5. The smallest absolute Gasteiger partial charge is 0.179 e. The Morgan fingerprint density at radius 2 is 1.65 bits per heavy atom. The van der Waals surface area contributed by atoms with Crippen molar-refractivity contribution in [3.8, 4) is 5.75 Å². The van der Waals surface area contributed by atoms with E-state index in [9.17, 15) is 4.79 Å². The molecule has 0 saturated heterocycles. The zero-order chi connectivity index (χ0) is 13.0. The minimum atomic E-state index is -0.438. The molecule has 0 heterocycles. The van der Waals surface area contributed by atoms with E-state index < -0.39 is 6.04 Å². The third-order valence-electron chi connectivity index (χ3n) is 2.53. The number of rotatable bonds is 5. The summed E-state index contributed by atoms with van der Waals surface area (Å²) < 4.78 is 5.51. The Kier molecular flexibility index (Phi) is 4.70. The van der Waals surface area contributed by atoms with E-state index in [-0.39, 0.29) is 17.8 Å². The molecule has 1 rings (SSSR count). The maximum absolute atomic E-state index is 12.0. The molecular formula is C14H21NO2. The molecule has 1 atom stereocenters. The first-order valence-corrected chi connectivity index (χ1v) is 5.98. The van der Waals surface area contributed by atoms with E-state index in [0.29, 0.717) is 5.56 Å². The summed E-state index contributed by atoms with van der Waals surface area (Å²) in [7, 11) is 0. The molecule has 0 aromatic heterocycles. The molecule has 0 spiro atoms. The summed E-state index contributed by atoms with van der Waals surface area (Å²) in [5, 5.41) is 0. The van der Waals surface area contributed by atoms with Crippen molar-refractivity contribution in [1.29, 1.82) is 0 Å². The van der Waals surface area contributed by atoms with Gasteiger partial charge in [-0.15, -0.1) is 0 Å².